The predicted molar refractivity (Wildman–Crippen MR) is 57.1 cm³/mol. The summed E-state index contributed by atoms with van der Waals surface area (Å²) in [6.45, 7) is 0. The number of hydrogen-bond donors (Lipinski definition) is 0. The standard InChI is InChI=1S/Cr.K.2H2O4S.10H2O/c;;2*1-5(2,3)4;;;;;;;;;;/h;;2*(H2,1,2,3,4);10*1H2/q+3;+1;;;;;;;;;;;;/p-4. The van der Waals surface area contributed by atoms with Crippen LogP contribution in [0.3, 0.4) is 0 Å². The maximum absolute atomic E-state index is 8.52. The molecule has 0 aliphatic rings. The molecule has 18 nitrogen and oxygen atoms in total. The summed E-state index contributed by atoms with van der Waals surface area (Å²) in [7, 11) is -10.3. The summed E-state index contributed by atoms with van der Waals surface area (Å²) in [5, 5.41) is 0. The van der Waals surface area contributed by atoms with E-state index in [2.05, 4.69) is 0 Å². The molecule has 0 spiro atoms. The first-order valence-electron chi connectivity index (χ1n) is 1.33. The van der Waals surface area contributed by atoms with Gasteiger partial charge in [-0.15, -0.1) is 0 Å². The summed E-state index contributed by atoms with van der Waals surface area (Å²) >= 11 is 0. The quantitative estimate of drug-likeness (QED) is 0.188. The molecule has 20 N–H and O–H groups in total. The maximum atomic E-state index is 8.52. The van der Waals surface area contributed by atoms with E-state index in [1.807, 2.05) is 0 Å². The molecule has 0 aromatic heterocycles. The molecule has 0 saturated heterocycles. The molecule has 22 heteroatoms. The molecule has 0 heterocycles. The molecule has 1 radical (unpaired) electrons. The fraction of sp³-hybridized carbons (Fsp3) is 0. The Hall–Kier alpha value is 1.51. The summed E-state index contributed by atoms with van der Waals surface area (Å²) in [5.41, 5.74) is 0. The predicted octanol–water partition coefficient (Wildman–Crippen LogP) is -13.9. The second-order valence-electron chi connectivity index (χ2n) is 0.816. The average Bonchev–Trinajstić information content (AvgIpc) is 1.12. The molecule has 0 aliphatic heterocycles. The molecule has 0 unspecified atom stereocenters. The zero-order chi connectivity index (χ0) is 9.00. The van der Waals surface area contributed by atoms with Crippen LogP contribution in [0.1, 0.15) is 0 Å². The summed E-state index contributed by atoms with van der Waals surface area (Å²) in [6.07, 6.45) is 0. The van der Waals surface area contributed by atoms with Crippen LogP contribution in [-0.4, -0.2) is 89.8 Å². The number of hydrogen-bond acceptors (Lipinski definition) is 8. The van der Waals surface area contributed by atoms with Crippen molar-refractivity contribution in [2.75, 3.05) is 0 Å². The van der Waals surface area contributed by atoms with Gasteiger partial charge in [-0.1, -0.05) is 0 Å². The van der Waals surface area contributed by atoms with Crippen LogP contribution in [0, 0.1) is 0 Å². The van der Waals surface area contributed by atoms with Gasteiger partial charge in [-0.3, -0.25) is 16.8 Å². The van der Waals surface area contributed by atoms with E-state index in [9.17, 15) is 0 Å². The topological polar surface area (TPSA) is 476 Å². The Morgan fingerprint density at radius 2 is 0.409 bits per heavy atom. The van der Waals surface area contributed by atoms with E-state index >= 15 is 0 Å². The van der Waals surface area contributed by atoms with Gasteiger partial charge in [0.25, 0.3) is 0 Å². The van der Waals surface area contributed by atoms with Crippen LogP contribution in [0.15, 0.2) is 0 Å². The molecule has 0 rings (SSSR count). The Labute approximate surface area is 177 Å². The van der Waals surface area contributed by atoms with Crippen molar-refractivity contribution >= 4 is 20.8 Å². The van der Waals surface area contributed by atoms with Gasteiger partial charge in [0.2, 0.25) is 0 Å². The van der Waals surface area contributed by atoms with Crippen LogP contribution in [0.5, 0.6) is 0 Å². The van der Waals surface area contributed by atoms with E-state index in [1.165, 1.54) is 0 Å². The van der Waals surface area contributed by atoms with Gasteiger partial charge in [-0.25, -0.2) is 0 Å². The smallest absolute Gasteiger partial charge is 0.759 e. The van der Waals surface area contributed by atoms with Crippen molar-refractivity contribution in [3.8, 4) is 0 Å². The maximum Gasteiger partial charge on any atom is 3.00 e. The first-order valence-corrected chi connectivity index (χ1v) is 4.00. The van der Waals surface area contributed by atoms with Gasteiger partial charge in [0.15, 0.2) is 0 Å². The Kier molecular flexibility index (Phi) is 342. The molecular weight excluding hydrogens is 443 g/mol. The van der Waals surface area contributed by atoms with Gasteiger partial charge in [-0.05, 0) is 0 Å². The zero-order valence-electron chi connectivity index (χ0n) is 10.5. The molecule has 0 aromatic rings. The second-order valence-corrected chi connectivity index (χ2v) is 2.45. The monoisotopic (exact) mass is 463 g/mol. The van der Waals surface area contributed by atoms with Crippen molar-refractivity contribution in [1.82, 2.24) is 0 Å². The summed E-state index contributed by atoms with van der Waals surface area (Å²) < 4.78 is 68.2. The van der Waals surface area contributed by atoms with Crippen LogP contribution in [0.25, 0.3) is 0 Å². The molecule has 0 atom stereocenters. The zero-order valence-corrected chi connectivity index (χ0v) is 16.5. The van der Waals surface area contributed by atoms with Crippen molar-refractivity contribution in [3.63, 3.8) is 0 Å². The molecule has 0 aliphatic carbocycles. The van der Waals surface area contributed by atoms with E-state index in [0.29, 0.717) is 0 Å². The van der Waals surface area contributed by atoms with E-state index in [4.69, 9.17) is 35.0 Å². The second kappa shape index (κ2) is 57.1. The Balaban J connectivity index is -0.00000000314. The minimum absolute atomic E-state index is 0. The van der Waals surface area contributed by atoms with Crippen LogP contribution in [0.4, 0.5) is 0 Å². The SMILES string of the molecule is O.O.O.O.O.O.O.O.O.O.O=S(=O)([O-])[O-].O=S(=O)([O-])[O-].[Cr+3].[K+]. The molecule has 0 fully saturated rings. The molecule has 0 bridgehead atoms. The third-order valence-corrected chi connectivity index (χ3v) is 0. The molecule has 0 amide bonds. The molecule has 0 aromatic carbocycles. The van der Waals surface area contributed by atoms with Crippen LogP contribution < -0.4 is 51.4 Å². The molecule has 147 valence electrons. The minimum atomic E-state index is -5.17. The third kappa shape index (κ3) is 3970. The summed E-state index contributed by atoms with van der Waals surface area (Å²) in [6, 6.07) is 0. The van der Waals surface area contributed by atoms with Gasteiger partial charge in [-0.2, -0.15) is 0 Å². The Morgan fingerprint density at radius 1 is 0.409 bits per heavy atom. The van der Waals surface area contributed by atoms with Crippen LogP contribution >= 0.6 is 0 Å². The van der Waals surface area contributed by atoms with Gasteiger partial charge in [0.1, 0.15) is 0 Å². The van der Waals surface area contributed by atoms with Gasteiger partial charge in [0.05, 0.1) is 0 Å². The van der Waals surface area contributed by atoms with Crippen molar-refractivity contribution in [1.29, 1.82) is 0 Å². The molecular formula is H20CrKO18S2. The average molecular weight is 463 g/mol. The van der Waals surface area contributed by atoms with E-state index in [-0.39, 0.29) is 124 Å². The first kappa shape index (κ1) is 132. The minimum Gasteiger partial charge on any atom is -0.759 e. The van der Waals surface area contributed by atoms with Gasteiger partial charge >= 0.3 is 68.7 Å². The van der Waals surface area contributed by atoms with Gasteiger partial charge < -0.3 is 73.0 Å². The van der Waals surface area contributed by atoms with Crippen molar-refractivity contribution in [2.45, 2.75) is 0 Å². The van der Waals surface area contributed by atoms with Gasteiger partial charge in [0, 0.05) is 20.8 Å². The fourth-order valence-corrected chi connectivity index (χ4v) is 0. The largest absolute Gasteiger partial charge is 3.00 e. The Bertz CT molecular complexity index is 217. The van der Waals surface area contributed by atoms with Crippen LogP contribution in [0.2, 0.25) is 0 Å². The Morgan fingerprint density at radius 3 is 0.409 bits per heavy atom. The normalized spacial score (nSPS) is 5.27. The fourth-order valence-electron chi connectivity index (χ4n) is 0. The van der Waals surface area contributed by atoms with Crippen LogP contribution in [-0.2, 0) is 38.2 Å². The van der Waals surface area contributed by atoms with Crippen molar-refractivity contribution < 1.29 is 159 Å². The molecule has 0 saturated carbocycles. The van der Waals surface area contributed by atoms with Crippen molar-refractivity contribution in [3.05, 3.63) is 0 Å². The third-order valence-electron chi connectivity index (χ3n) is 0. The van der Waals surface area contributed by atoms with E-state index in [0.717, 1.165) is 0 Å². The number of rotatable bonds is 0. The summed E-state index contributed by atoms with van der Waals surface area (Å²) in [5.74, 6) is 0. The first-order chi connectivity index (χ1) is 4.00. The molecule has 22 heavy (non-hydrogen) atoms. The van der Waals surface area contributed by atoms with Crippen molar-refractivity contribution in [2.24, 2.45) is 0 Å². The van der Waals surface area contributed by atoms with E-state index in [1.54, 1.807) is 0 Å². The summed E-state index contributed by atoms with van der Waals surface area (Å²) in [4.78, 5) is 0. The van der Waals surface area contributed by atoms with E-state index < -0.39 is 20.8 Å².